The van der Waals surface area contributed by atoms with Gasteiger partial charge in [0.05, 0.1) is 24.8 Å². The van der Waals surface area contributed by atoms with Crippen molar-refractivity contribution in [3.63, 3.8) is 0 Å². The molecule has 0 radical (unpaired) electrons. The van der Waals surface area contributed by atoms with Crippen LogP contribution in [0, 0.1) is 6.92 Å². The Morgan fingerprint density at radius 3 is 2.24 bits per heavy atom. The van der Waals surface area contributed by atoms with Crippen LogP contribution < -0.4 is 18.7 Å². The number of carbonyl (C=O) groups is 1. The fraction of sp³-hybridized carbons (Fsp3) is 0.296. The van der Waals surface area contributed by atoms with Crippen molar-refractivity contribution in [2.24, 2.45) is 0 Å². The Balaban J connectivity index is 1.58. The number of aryl methyl sites for hydroxylation is 1. The van der Waals surface area contributed by atoms with E-state index in [4.69, 9.17) is 21.1 Å². The fourth-order valence-electron chi connectivity index (χ4n) is 4.36. The van der Waals surface area contributed by atoms with E-state index >= 15 is 0 Å². The Morgan fingerprint density at radius 1 is 0.919 bits per heavy atom. The number of rotatable bonds is 8. The summed E-state index contributed by atoms with van der Waals surface area (Å²) in [4.78, 5) is 17.4. The second-order valence-electron chi connectivity index (χ2n) is 8.66. The third kappa shape index (κ3) is 5.78. The van der Waals surface area contributed by atoms with Gasteiger partial charge in [-0.25, -0.2) is 8.42 Å². The molecule has 3 aromatic rings. The standard InChI is InChI=1S/C27H30ClN3O5S/c1-20-9-10-21(28)17-24(20)29-13-15-30(16-14-29)27(32)19-31(37(33,34)23-7-5-4-6-8-23)22-11-12-25(35-2)26(18-22)36-3/h4-12,17-18H,13-16,19H2,1-3H3. The second kappa shape index (κ2) is 11.3. The first kappa shape index (κ1) is 26.6. The Labute approximate surface area is 223 Å². The number of hydrogen-bond donors (Lipinski definition) is 0. The number of halogens is 1. The largest absolute Gasteiger partial charge is 0.493 e. The maximum absolute atomic E-state index is 13.7. The lowest BCUT2D eigenvalue weighted by Crippen LogP contribution is -2.52. The minimum atomic E-state index is -4.03. The van der Waals surface area contributed by atoms with Crippen LogP contribution in [0.25, 0.3) is 0 Å². The van der Waals surface area contributed by atoms with Gasteiger partial charge in [0.2, 0.25) is 5.91 Å². The van der Waals surface area contributed by atoms with Crippen molar-refractivity contribution < 1.29 is 22.7 Å². The maximum Gasteiger partial charge on any atom is 0.264 e. The van der Waals surface area contributed by atoms with Gasteiger partial charge in [0.25, 0.3) is 10.0 Å². The van der Waals surface area contributed by atoms with Gasteiger partial charge in [0, 0.05) is 43.0 Å². The van der Waals surface area contributed by atoms with E-state index in [1.807, 2.05) is 25.1 Å². The zero-order valence-electron chi connectivity index (χ0n) is 21.1. The maximum atomic E-state index is 13.7. The van der Waals surface area contributed by atoms with E-state index < -0.39 is 10.0 Å². The lowest BCUT2D eigenvalue weighted by atomic mass is 10.1. The molecule has 1 saturated heterocycles. The fourth-order valence-corrected chi connectivity index (χ4v) is 5.95. The second-order valence-corrected chi connectivity index (χ2v) is 11.0. The molecule has 196 valence electrons. The van der Waals surface area contributed by atoms with Gasteiger partial charge >= 0.3 is 0 Å². The van der Waals surface area contributed by atoms with Crippen molar-refractivity contribution in [1.29, 1.82) is 0 Å². The van der Waals surface area contributed by atoms with Crippen LogP contribution >= 0.6 is 11.6 Å². The Kier molecular flexibility index (Phi) is 8.14. The molecule has 0 aromatic heterocycles. The highest BCUT2D eigenvalue weighted by molar-refractivity contribution is 7.92. The lowest BCUT2D eigenvalue weighted by molar-refractivity contribution is -0.129. The van der Waals surface area contributed by atoms with Crippen LogP contribution in [0.3, 0.4) is 0 Å². The molecule has 0 atom stereocenters. The molecule has 37 heavy (non-hydrogen) atoms. The highest BCUT2D eigenvalue weighted by Crippen LogP contribution is 2.34. The summed E-state index contributed by atoms with van der Waals surface area (Å²) >= 11 is 6.19. The number of ether oxygens (including phenoxy) is 2. The van der Waals surface area contributed by atoms with Gasteiger partial charge in [-0.2, -0.15) is 0 Å². The van der Waals surface area contributed by atoms with Crippen molar-refractivity contribution in [3.05, 3.63) is 77.3 Å². The molecule has 0 spiro atoms. The van der Waals surface area contributed by atoms with Crippen molar-refractivity contribution in [3.8, 4) is 11.5 Å². The molecule has 8 nitrogen and oxygen atoms in total. The number of nitrogens with zero attached hydrogens (tertiary/aromatic N) is 3. The summed E-state index contributed by atoms with van der Waals surface area (Å²) in [6.45, 7) is 3.86. The summed E-state index contributed by atoms with van der Waals surface area (Å²) in [5, 5.41) is 0.663. The van der Waals surface area contributed by atoms with E-state index in [0.29, 0.717) is 48.4 Å². The molecule has 0 unspecified atom stereocenters. The molecule has 1 fully saturated rings. The summed E-state index contributed by atoms with van der Waals surface area (Å²) in [6.07, 6.45) is 0. The molecular formula is C27H30ClN3O5S. The van der Waals surface area contributed by atoms with E-state index in [1.165, 1.54) is 26.4 Å². The number of anilines is 2. The molecule has 3 aromatic carbocycles. The molecule has 1 amide bonds. The number of piperazine rings is 1. The average molecular weight is 544 g/mol. The van der Waals surface area contributed by atoms with Crippen LogP contribution in [0.15, 0.2) is 71.6 Å². The van der Waals surface area contributed by atoms with Crippen LogP contribution in [-0.2, 0) is 14.8 Å². The van der Waals surface area contributed by atoms with E-state index in [9.17, 15) is 13.2 Å². The number of amides is 1. The van der Waals surface area contributed by atoms with E-state index in [-0.39, 0.29) is 17.3 Å². The van der Waals surface area contributed by atoms with Crippen molar-refractivity contribution >= 4 is 38.9 Å². The highest BCUT2D eigenvalue weighted by Gasteiger charge is 2.31. The third-order valence-electron chi connectivity index (χ3n) is 6.41. The zero-order chi connectivity index (χ0) is 26.6. The molecular weight excluding hydrogens is 514 g/mol. The number of sulfonamides is 1. The van der Waals surface area contributed by atoms with Gasteiger partial charge in [0.15, 0.2) is 11.5 Å². The number of hydrogen-bond acceptors (Lipinski definition) is 6. The molecule has 0 saturated carbocycles. The minimum absolute atomic E-state index is 0.0961. The minimum Gasteiger partial charge on any atom is -0.493 e. The van der Waals surface area contributed by atoms with Crippen LogP contribution in [0.4, 0.5) is 11.4 Å². The first-order chi connectivity index (χ1) is 17.7. The SMILES string of the molecule is COc1ccc(N(CC(=O)N2CCN(c3cc(Cl)ccc3C)CC2)S(=O)(=O)c2ccccc2)cc1OC. The average Bonchev–Trinajstić information content (AvgIpc) is 2.93. The van der Waals surface area contributed by atoms with Gasteiger partial charge in [-0.05, 0) is 48.9 Å². The molecule has 4 rings (SSSR count). The van der Waals surface area contributed by atoms with Crippen molar-refractivity contribution in [2.45, 2.75) is 11.8 Å². The molecule has 1 aliphatic heterocycles. The quantitative estimate of drug-likeness (QED) is 0.423. The zero-order valence-corrected chi connectivity index (χ0v) is 22.6. The summed E-state index contributed by atoms with van der Waals surface area (Å²) in [5.41, 5.74) is 2.46. The molecule has 0 aliphatic carbocycles. The van der Waals surface area contributed by atoms with Gasteiger partial charge in [-0.15, -0.1) is 0 Å². The number of methoxy groups -OCH3 is 2. The number of carbonyl (C=O) groups excluding carboxylic acids is 1. The van der Waals surface area contributed by atoms with Crippen LogP contribution in [0.1, 0.15) is 5.56 Å². The number of benzene rings is 3. The topological polar surface area (TPSA) is 79.4 Å². The van der Waals surface area contributed by atoms with Crippen LogP contribution in [0.5, 0.6) is 11.5 Å². The Morgan fingerprint density at radius 2 is 1.59 bits per heavy atom. The summed E-state index contributed by atoms with van der Waals surface area (Å²) in [7, 11) is -1.05. The molecule has 10 heteroatoms. The van der Waals surface area contributed by atoms with E-state index in [0.717, 1.165) is 15.6 Å². The molecule has 0 bridgehead atoms. The predicted molar refractivity (Wildman–Crippen MR) is 146 cm³/mol. The first-order valence-corrected chi connectivity index (χ1v) is 13.6. The van der Waals surface area contributed by atoms with Gasteiger partial charge in [-0.3, -0.25) is 9.10 Å². The van der Waals surface area contributed by atoms with Gasteiger partial charge in [0.1, 0.15) is 6.54 Å². The first-order valence-electron chi connectivity index (χ1n) is 11.8. The Hall–Kier alpha value is -3.43. The Bertz CT molecular complexity index is 1360. The van der Waals surface area contributed by atoms with Crippen LogP contribution in [0.2, 0.25) is 5.02 Å². The van der Waals surface area contributed by atoms with Gasteiger partial charge in [-0.1, -0.05) is 35.9 Å². The summed E-state index contributed by atoms with van der Waals surface area (Å²) < 4.78 is 39.2. The molecule has 0 N–H and O–H groups in total. The van der Waals surface area contributed by atoms with E-state index in [1.54, 1.807) is 41.3 Å². The lowest BCUT2D eigenvalue weighted by Gasteiger charge is -2.37. The van der Waals surface area contributed by atoms with Crippen molar-refractivity contribution in [1.82, 2.24) is 4.90 Å². The monoisotopic (exact) mass is 543 g/mol. The van der Waals surface area contributed by atoms with Crippen LogP contribution in [-0.4, -0.2) is 66.2 Å². The predicted octanol–water partition coefficient (Wildman–Crippen LogP) is 4.21. The summed E-state index contributed by atoms with van der Waals surface area (Å²) in [6, 6.07) is 18.6. The highest BCUT2D eigenvalue weighted by atomic mass is 35.5. The normalized spacial score (nSPS) is 13.8. The van der Waals surface area contributed by atoms with Gasteiger partial charge < -0.3 is 19.3 Å². The molecule has 1 heterocycles. The summed E-state index contributed by atoms with van der Waals surface area (Å²) in [5.74, 6) is 0.546. The third-order valence-corrected chi connectivity index (χ3v) is 8.43. The smallest absolute Gasteiger partial charge is 0.264 e. The van der Waals surface area contributed by atoms with E-state index in [2.05, 4.69) is 4.90 Å². The molecule has 1 aliphatic rings. The van der Waals surface area contributed by atoms with Crippen molar-refractivity contribution in [2.75, 3.05) is 56.1 Å².